The summed E-state index contributed by atoms with van der Waals surface area (Å²) < 4.78 is 1.73. The van der Waals surface area contributed by atoms with Crippen molar-refractivity contribution in [2.75, 3.05) is 20.1 Å². The molecule has 0 aromatic carbocycles. The molecular weight excluding hydrogens is 240 g/mol. The van der Waals surface area contributed by atoms with Crippen LogP contribution >= 0.6 is 12.4 Å². The van der Waals surface area contributed by atoms with E-state index in [1.54, 1.807) is 4.68 Å². The van der Waals surface area contributed by atoms with Gasteiger partial charge >= 0.3 is 0 Å². The molecule has 0 bridgehead atoms. The molecule has 6 heteroatoms. The van der Waals surface area contributed by atoms with Gasteiger partial charge in [0.25, 0.3) is 5.91 Å². The highest BCUT2D eigenvalue weighted by atomic mass is 35.5. The molecule has 96 valence electrons. The lowest BCUT2D eigenvalue weighted by Crippen LogP contribution is -2.33. The number of nitrogens with one attached hydrogen (secondary N) is 1. The SMILES string of the molecule is CNC1CCN(C(=O)c2cc(C)n(C)n2)C1.Cl. The molecule has 1 aromatic rings. The standard InChI is InChI=1S/C11H18N4O.ClH/c1-8-6-10(13-14(8)3)11(16)15-5-4-9(7-15)12-2;/h6,9,12H,4-5,7H2,1-3H3;1H. The average Bonchev–Trinajstić information content (AvgIpc) is 2.86. The van der Waals surface area contributed by atoms with E-state index in [0.29, 0.717) is 11.7 Å². The molecule has 2 heterocycles. The maximum Gasteiger partial charge on any atom is 0.274 e. The van der Waals surface area contributed by atoms with Gasteiger partial charge < -0.3 is 10.2 Å². The molecule has 17 heavy (non-hydrogen) atoms. The topological polar surface area (TPSA) is 50.2 Å². The Bertz CT molecular complexity index is 385. The number of aryl methyl sites for hydroxylation is 2. The van der Waals surface area contributed by atoms with Crippen LogP contribution in [0.25, 0.3) is 0 Å². The number of aromatic nitrogens is 2. The van der Waals surface area contributed by atoms with E-state index < -0.39 is 0 Å². The fourth-order valence-corrected chi connectivity index (χ4v) is 2.01. The summed E-state index contributed by atoms with van der Waals surface area (Å²) in [6.07, 6.45) is 1.02. The van der Waals surface area contributed by atoms with Crippen molar-refractivity contribution in [1.29, 1.82) is 0 Å². The van der Waals surface area contributed by atoms with Crippen LogP contribution in [0, 0.1) is 6.92 Å². The lowest BCUT2D eigenvalue weighted by atomic mass is 10.3. The van der Waals surface area contributed by atoms with Crippen LogP contribution in [-0.2, 0) is 7.05 Å². The van der Waals surface area contributed by atoms with Crippen molar-refractivity contribution in [2.45, 2.75) is 19.4 Å². The Morgan fingerprint density at radius 2 is 2.29 bits per heavy atom. The van der Waals surface area contributed by atoms with Gasteiger partial charge in [-0.1, -0.05) is 0 Å². The molecule has 0 radical (unpaired) electrons. The first-order valence-electron chi connectivity index (χ1n) is 5.59. The smallest absolute Gasteiger partial charge is 0.274 e. The lowest BCUT2D eigenvalue weighted by Gasteiger charge is -2.14. The molecule has 0 spiro atoms. The highest BCUT2D eigenvalue weighted by Crippen LogP contribution is 2.13. The monoisotopic (exact) mass is 258 g/mol. The summed E-state index contributed by atoms with van der Waals surface area (Å²) >= 11 is 0. The fraction of sp³-hybridized carbons (Fsp3) is 0.636. The van der Waals surface area contributed by atoms with Gasteiger partial charge in [0.1, 0.15) is 0 Å². The Kier molecular flexibility index (Phi) is 4.54. The average molecular weight is 259 g/mol. The van der Waals surface area contributed by atoms with E-state index in [-0.39, 0.29) is 18.3 Å². The first-order valence-corrected chi connectivity index (χ1v) is 5.59. The number of amides is 1. The zero-order valence-corrected chi connectivity index (χ0v) is 11.3. The molecule has 1 amide bonds. The molecule has 1 saturated heterocycles. The quantitative estimate of drug-likeness (QED) is 0.845. The Morgan fingerprint density at radius 1 is 1.59 bits per heavy atom. The normalized spacial score (nSPS) is 19.2. The second-order valence-electron chi connectivity index (χ2n) is 4.32. The summed E-state index contributed by atoms with van der Waals surface area (Å²) in [5.74, 6) is 0.0430. The third kappa shape index (κ3) is 2.79. The molecular formula is C11H19ClN4O. The van der Waals surface area contributed by atoms with E-state index in [1.807, 2.05) is 32.0 Å². The van der Waals surface area contributed by atoms with Crippen molar-refractivity contribution in [3.05, 3.63) is 17.5 Å². The zero-order valence-electron chi connectivity index (χ0n) is 10.4. The fourth-order valence-electron chi connectivity index (χ4n) is 2.01. The van der Waals surface area contributed by atoms with Gasteiger partial charge in [0.15, 0.2) is 5.69 Å². The Morgan fingerprint density at radius 3 is 2.76 bits per heavy atom. The highest BCUT2D eigenvalue weighted by Gasteiger charge is 2.27. The van der Waals surface area contributed by atoms with Crippen molar-refractivity contribution in [1.82, 2.24) is 20.0 Å². The van der Waals surface area contributed by atoms with Gasteiger partial charge in [-0.2, -0.15) is 5.10 Å². The molecule has 1 aliphatic rings. The molecule has 0 aliphatic carbocycles. The van der Waals surface area contributed by atoms with Crippen LogP contribution in [-0.4, -0.2) is 46.8 Å². The number of nitrogens with zero attached hydrogens (tertiary/aromatic N) is 3. The van der Waals surface area contributed by atoms with Crippen LogP contribution in [0.15, 0.2) is 6.07 Å². The highest BCUT2D eigenvalue weighted by molar-refractivity contribution is 5.92. The first-order chi connectivity index (χ1) is 7.61. The number of halogens is 1. The maximum absolute atomic E-state index is 12.1. The number of rotatable bonds is 2. The minimum absolute atomic E-state index is 0. The minimum atomic E-state index is 0. The predicted octanol–water partition coefficient (Wildman–Crippen LogP) is 0.584. The van der Waals surface area contributed by atoms with Gasteiger partial charge in [-0.3, -0.25) is 9.48 Å². The maximum atomic E-state index is 12.1. The first kappa shape index (κ1) is 14.0. The number of likely N-dealkylation sites (tertiary alicyclic amines) is 1. The number of carbonyl (C=O) groups excluding carboxylic acids is 1. The van der Waals surface area contributed by atoms with Gasteiger partial charge in [0.05, 0.1) is 0 Å². The summed E-state index contributed by atoms with van der Waals surface area (Å²) in [5, 5.41) is 7.41. The van der Waals surface area contributed by atoms with Crippen LogP contribution in [0.4, 0.5) is 0 Å². The van der Waals surface area contributed by atoms with Crippen molar-refractivity contribution in [2.24, 2.45) is 7.05 Å². The van der Waals surface area contributed by atoms with Gasteiger partial charge in [-0.05, 0) is 26.5 Å². The summed E-state index contributed by atoms with van der Waals surface area (Å²) in [4.78, 5) is 14.0. The van der Waals surface area contributed by atoms with Gasteiger partial charge in [-0.15, -0.1) is 12.4 Å². The number of hydrogen-bond donors (Lipinski definition) is 1. The molecule has 1 N–H and O–H groups in total. The van der Waals surface area contributed by atoms with Crippen LogP contribution in [0.2, 0.25) is 0 Å². The Balaban J connectivity index is 0.00000144. The van der Waals surface area contributed by atoms with E-state index in [2.05, 4.69) is 10.4 Å². The lowest BCUT2D eigenvalue weighted by molar-refractivity contribution is 0.0783. The third-order valence-corrected chi connectivity index (χ3v) is 3.22. The van der Waals surface area contributed by atoms with E-state index in [9.17, 15) is 4.79 Å². The van der Waals surface area contributed by atoms with E-state index in [1.165, 1.54) is 0 Å². The second kappa shape index (κ2) is 5.51. The van der Waals surface area contributed by atoms with Crippen LogP contribution in [0.1, 0.15) is 22.6 Å². The van der Waals surface area contributed by atoms with Crippen LogP contribution in [0.3, 0.4) is 0 Å². The molecule has 1 atom stereocenters. The van der Waals surface area contributed by atoms with Crippen molar-refractivity contribution in [3.63, 3.8) is 0 Å². The largest absolute Gasteiger partial charge is 0.336 e. The van der Waals surface area contributed by atoms with E-state index in [0.717, 1.165) is 25.2 Å². The number of hydrogen-bond acceptors (Lipinski definition) is 3. The summed E-state index contributed by atoms with van der Waals surface area (Å²) in [6.45, 7) is 3.55. The predicted molar refractivity (Wildman–Crippen MR) is 68.6 cm³/mol. The third-order valence-electron chi connectivity index (χ3n) is 3.22. The molecule has 1 fully saturated rings. The van der Waals surface area contributed by atoms with Crippen LogP contribution < -0.4 is 5.32 Å². The van der Waals surface area contributed by atoms with Crippen molar-refractivity contribution >= 4 is 18.3 Å². The number of likely N-dealkylation sites (N-methyl/N-ethyl adjacent to an activating group) is 1. The van der Waals surface area contributed by atoms with Gasteiger partial charge in [-0.25, -0.2) is 0 Å². The van der Waals surface area contributed by atoms with Gasteiger partial charge in [0, 0.05) is 31.9 Å². The molecule has 0 saturated carbocycles. The van der Waals surface area contributed by atoms with Crippen molar-refractivity contribution < 1.29 is 4.79 Å². The molecule has 2 rings (SSSR count). The van der Waals surface area contributed by atoms with E-state index >= 15 is 0 Å². The summed E-state index contributed by atoms with van der Waals surface area (Å²) in [5.41, 5.74) is 1.56. The van der Waals surface area contributed by atoms with Crippen molar-refractivity contribution in [3.8, 4) is 0 Å². The Labute approximate surface area is 108 Å². The molecule has 5 nitrogen and oxygen atoms in total. The molecule has 1 aliphatic heterocycles. The summed E-state index contributed by atoms with van der Waals surface area (Å²) in [6, 6.07) is 2.27. The molecule has 1 aromatic heterocycles. The van der Waals surface area contributed by atoms with E-state index in [4.69, 9.17) is 0 Å². The summed E-state index contributed by atoms with van der Waals surface area (Å²) in [7, 11) is 3.79. The minimum Gasteiger partial charge on any atom is -0.336 e. The zero-order chi connectivity index (χ0) is 11.7. The van der Waals surface area contributed by atoms with Crippen LogP contribution in [0.5, 0.6) is 0 Å². The Hall–Kier alpha value is -1.07. The number of carbonyl (C=O) groups is 1. The molecule has 1 unspecified atom stereocenters. The second-order valence-corrected chi connectivity index (χ2v) is 4.32. The van der Waals surface area contributed by atoms with Gasteiger partial charge in [0.2, 0.25) is 0 Å².